The van der Waals surface area contributed by atoms with Gasteiger partial charge < -0.3 is 14.4 Å². The maximum atomic E-state index is 13.4. The summed E-state index contributed by atoms with van der Waals surface area (Å²) in [6.45, 7) is 0. The Morgan fingerprint density at radius 1 is 1.03 bits per heavy atom. The molecule has 2 heterocycles. The lowest BCUT2D eigenvalue weighted by Crippen LogP contribution is -2.12. The molecular formula is C27H22FN3O4. The smallest absolute Gasteiger partial charge is 0.304 e. The largest absolute Gasteiger partial charge is 0.485 e. The average Bonchev–Trinajstić information content (AvgIpc) is 3.56. The minimum absolute atomic E-state index is 0.107. The highest BCUT2D eigenvalue weighted by molar-refractivity contribution is 5.78. The van der Waals surface area contributed by atoms with Crippen molar-refractivity contribution in [1.82, 2.24) is 15.4 Å². The van der Waals surface area contributed by atoms with E-state index in [1.165, 1.54) is 18.4 Å². The molecule has 0 aliphatic heterocycles. The fourth-order valence-electron chi connectivity index (χ4n) is 4.13. The number of fused-ring (bicyclic) bond motifs is 1. The van der Waals surface area contributed by atoms with E-state index in [4.69, 9.17) is 9.26 Å². The molecule has 0 radical (unpaired) electrons. The Kier molecular flexibility index (Phi) is 6.26. The van der Waals surface area contributed by atoms with Gasteiger partial charge in [-0.25, -0.2) is 4.39 Å². The first-order valence-corrected chi connectivity index (χ1v) is 11.1. The number of H-pyrrole nitrogens is 1. The zero-order valence-electron chi connectivity index (χ0n) is 18.6. The number of halogens is 1. The number of aromatic nitrogens is 3. The van der Waals surface area contributed by atoms with Crippen molar-refractivity contribution < 1.29 is 23.6 Å². The van der Waals surface area contributed by atoms with E-state index in [1.807, 2.05) is 42.5 Å². The summed E-state index contributed by atoms with van der Waals surface area (Å²) < 4.78 is 24.7. The first kappa shape index (κ1) is 22.3. The summed E-state index contributed by atoms with van der Waals surface area (Å²) in [5, 5.41) is 21.3. The molecule has 5 aromatic rings. The van der Waals surface area contributed by atoms with Crippen LogP contribution >= 0.6 is 0 Å². The van der Waals surface area contributed by atoms with E-state index in [2.05, 4.69) is 15.4 Å². The summed E-state index contributed by atoms with van der Waals surface area (Å²) in [7, 11) is 0. The summed E-state index contributed by atoms with van der Waals surface area (Å²) in [6, 6.07) is 21.3. The molecule has 0 fully saturated rings. The first-order chi connectivity index (χ1) is 17.0. The van der Waals surface area contributed by atoms with Gasteiger partial charge in [0.1, 0.15) is 23.9 Å². The van der Waals surface area contributed by atoms with Crippen molar-refractivity contribution in [3.63, 3.8) is 0 Å². The van der Waals surface area contributed by atoms with E-state index >= 15 is 0 Å². The Hall–Kier alpha value is -4.46. The maximum Gasteiger partial charge on any atom is 0.304 e. The summed E-state index contributed by atoms with van der Waals surface area (Å²) in [6.07, 6.45) is 3.27. The van der Waals surface area contributed by atoms with Crippen LogP contribution in [0.15, 0.2) is 89.8 Å². The summed E-state index contributed by atoms with van der Waals surface area (Å²) in [5.41, 5.74) is 4.13. The molecule has 7 nitrogen and oxygen atoms in total. The van der Waals surface area contributed by atoms with Crippen LogP contribution in [0.1, 0.15) is 40.8 Å². The number of carboxylic acid groups (broad SMARTS) is 1. The molecule has 2 N–H and O–H groups in total. The Morgan fingerprint density at radius 2 is 1.80 bits per heavy atom. The van der Waals surface area contributed by atoms with E-state index in [0.717, 1.165) is 27.6 Å². The van der Waals surface area contributed by atoms with Gasteiger partial charge in [-0.2, -0.15) is 5.10 Å². The van der Waals surface area contributed by atoms with E-state index in [9.17, 15) is 14.3 Å². The molecule has 8 heteroatoms. The van der Waals surface area contributed by atoms with Crippen LogP contribution in [0.3, 0.4) is 0 Å². The number of aromatic amines is 1. The fourth-order valence-corrected chi connectivity index (χ4v) is 4.13. The maximum absolute atomic E-state index is 13.4. The molecule has 0 spiro atoms. The van der Waals surface area contributed by atoms with Gasteiger partial charge in [-0.3, -0.25) is 9.89 Å². The van der Waals surface area contributed by atoms with Gasteiger partial charge in [-0.1, -0.05) is 41.6 Å². The number of aliphatic carboxylic acids is 1. The second-order valence-electron chi connectivity index (χ2n) is 8.30. The Morgan fingerprint density at radius 3 is 2.51 bits per heavy atom. The third-order valence-electron chi connectivity index (χ3n) is 5.93. The number of benzene rings is 3. The van der Waals surface area contributed by atoms with Crippen LogP contribution in [-0.4, -0.2) is 26.4 Å². The van der Waals surface area contributed by atoms with Crippen LogP contribution in [0.2, 0.25) is 0 Å². The van der Waals surface area contributed by atoms with E-state index in [-0.39, 0.29) is 18.3 Å². The van der Waals surface area contributed by atoms with Gasteiger partial charge in [0.2, 0.25) is 0 Å². The molecule has 176 valence electrons. The minimum Gasteiger partial charge on any atom is -0.485 e. The van der Waals surface area contributed by atoms with Crippen LogP contribution < -0.4 is 4.74 Å². The molecule has 0 aliphatic rings. The lowest BCUT2D eigenvalue weighted by Gasteiger charge is -2.21. The average molecular weight is 471 g/mol. The minimum atomic E-state index is -0.924. The number of carboxylic acids is 1. The SMILES string of the molecule is O=C(O)CC(c1ccc(O[C@@H](Cc2ccc(F)cc2)c2ccc3cn[nH]c3c2)cc1)c1ccon1. The molecule has 0 saturated carbocycles. The quantitative estimate of drug-likeness (QED) is 0.288. The topological polar surface area (TPSA) is 101 Å². The Bertz CT molecular complexity index is 1410. The van der Waals surface area contributed by atoms with E-state index in [1.54, 1.807) is 24.4 Å². The van der Waals surface area contributed by atoms with E-state index in [0.29, 0.717) is 17.9 Å². The van der Waals surface area contributed by atoms with Crippen LogP contribution in [0.25, 0.3) is 10.9 Å². The van der Waals surface area contributed by atoms with Crippen LogP contribution in [0.4, 0.5) is 4.39 Å². The first-order valence-electron chi connectivity index (χ1n) is 11.1. The highest BCUT2D eigenvalue weighted by atomic mass is 19.1. The lowest BCUT2D eigenvalue weighted by atomic mass is 9.92. The predicted octanol–water partition coefficient (Wildman–Crippen LogP) is 5.66. The molecule has 0 bridgehead atoms. The van der Waals surface area contributed by atoms with Crippen molar-refractivity contribution in [1.29, 1.82) is 0 Å². The van der Waals surface area contributed by atoms with Crippen molar-refractivity contribution >= 4 is 16.9 Å². The number of ether oxygens (including phenoxy) is 1. The van der Waals surface area contributed by atoms with Gasteiger partial charge in [-0.15, -0.1) is 0 Å². The number of hydrogen-bond donors (Lipinski definition) is 2. The van der Waals surface area contributed by atoms with Crippen LogP contribution in [-0.2, 0) is 11.2 Å². The molecular weight excluding hydrogens is 449 g/mol. The molecule has 5 rings (SSSR count). The van der Waals surface area contributed by atoms with Crippen LogP contribution in [0, 0.1) is 5.82 Å². The number of carbonyl (C=O) groups is 1. The highest BCUT2D eigenvalue weighted by Crippen LogP contribution is 2.31. The molecule has 3 aromatic carbocycles. The number of nitrogens with one attached hydrogen (secondary N) is 1. The van der Waals surface area contributed by atoms with Crippen molar-refractivity contribution in [3.05, 3.63) is 113 Å². The molecule has 0 aliphatic carbocycles. The number of nitrogens with zero attached hydrogens (tertiary/aromatic N) is 2. The Balaban J connectivity index is 1.42. The van der Waals surface area contributed by atoms with Gasteiger partial charge in [-0.05, 0) is 47.0 Å². The Labute approximate surface area is 200 Å². The molecule has 2 atom stereocenters. The second kappa shape index (κ2) is 9.80. The second-order valence-corrected chi connectivity index (χ2v) is 8.30. The van der Waals surface area contributed by atoms with Crippen molar-refractivity contribution in [2.24, 2.45) is 0 Å². The molecule has 0 saturated heterocycles. The molecule has 0 amide bonds. The van der Waals surface area contributed by atoms with Gasteiger partial charge in [0.15, 0.2) is 0 Å². The van der Waals surface area contributed by atoms with Gasteiger partial charge >= 0.3 is 5.97 Å². The fraction of sp³-hybridized carbons (Fsp3) is 0.148. The van der Waals surface area contributed by atoms with Gasteiger partial charge in [0.05, 0.1) is 23.8 Å². The highest BCUT2D eigenvalue weighted by Gasteiger charge is 2.21. The standard InChI is InChI=1S/C27H22FN3O4/c28-21-7-1-17(2-8-21)13-26(19-3-4-20-16-29-30-25(20)14-19)35-22-9-5-18(6-10-22)23(15-27(32)33)24-11-12-34-31-24/h1-12,14,16,23,26H,13,15H2,(H,29,30)(H,32,33)/t23?,26-/m0/s1. The van der Waals surface area contributed by atoms with Gasteiger partial charge in [0, 0.05) is 23.8 Å². The monoisotopic (exact) mass is 471 g/mol. The van der Waals surface area contributed by atoms with Gasteiger partial charge in [0.25, 0.3) is 0 Å². The lowest BCUT2D eigenvalue weighted by molar-refractivity contribution is -0.137. The van der Waals surface area contributed by atoms with E-state index < -0.39 is 11.9 Å². The van der Waals surface area contributed by atoms with Crippen molar-refractivity contribution in [2.75, 3.05) is 0 Å². The summed E-state index contributed by atoms with van der Waals surface area (Å²) >= 11 is 0. The third-order valence-corrected chi connectivity index (χ3v) is 5.93. The number of hydrogen-bond acceptors (Lipinski definition) is 5. The third kappa shape index (κ3) is 5.22. The van der Waals surface area contributed by atoms with Crippen LogP contribution in [0.5, 0.6) is 5.75 Å². The summed E-state index contributed by atoms with van der Waals surface area (Å²) in [4.78, 5) is 11.4. The summed E-state index contributed by atoms with van der Waals surface area (Å²) in [5.74, 6) is -1.02. The molecule has 2 aromatic heterocycles. The number of rotatable bonds is 9. The predicted molar refractivity (Wildman–Crippen MR) is 127 cm³/mol. The normalized spacial score (nSPS) is 12.9. The molecule has 35 heavy (non-hydrogen) atoms. The zero-order valence-corrected chi connectivity index (χ0v) is 18.6. The van der Waals surface area contributed by atoms with Crippen molar-refractivity contribution in [2.45, 2.75) is 24.9 Å². The van der Waals surface area contributed by atoms with Crippen molar-refractivity contribution in [3.8, 4) is 5.75 Å². The zero-order chi connectivity index (χ0) is 24.2. The molecule has 1 unspecified atom stereocenters.